The summed E-state index contributed by atoms with van der Waals surface area (Å²) in [6.45, 7) is 0. The summed E-state index contributed by atoms with van der Waals surface area (Å²) in [6.07, 6.45) is 0. The second-order valence-electron chi connectivity index (χ2n) is 2.84. The molecule has 0 heterocycles. The van der Waals surface area contributed by atoms with Crippen molar-refractivity contribution in [3.63, 3.8) is 0 Å². The molecule has 4 N–H and O–H groups in total. The van der Waals surface area contributed by atoms with E-state index in [1.54, 1.807) is 6.07 Å². The molecule has 88 valence electrons. The lowest BCUT2D eigenvalue weighted by Gasteiger charge is -2.05. The minimum Gasteiger partial charge on any atom is -0.382 e. The monoisotopic (exact) mass is 273 g/mol. The van der Waals surface area contributed by atoms with E-state index in [-0.39, 0.29) is 21.4 Å². The van der Waals surface area contributed by atoms with Crippen LogP contribution in [0.2, 0.25) is 10.0 Å². The molecule has 17 heavy (non-hydrogen) atoms. The highest BCUT2D eigenvalue weighted by Gasteiger charge is 2.09. The lowest BCUT2D eigenvalue weighted by molar-refractivity contribution is 0.631. The molecule has 0 radical (unpaired) electrons. The number of hydrogen-bond acceptors (Lipinski definition) is 4. The Balaban J connectivity index is 3.05. The Kier molecular flexibility index (Phi) is 4.26. The first kappa shape index (κ1) is 13.2. The summed E-state index contributed by atoms with van der Waals surface area (Å²) in [4.78, 5) is 0. The molecule has 0 atom stereocenters. The normalized spacial score (nSPS) is 10.8. The number of nitrogens with two attached hydrogens (primary N) is 1. The fourth-order valence-electron chi connectivity index (χ4n) is 0.906. The van der Waals surface area contributed by atoms with Crippen LogP contribution < -0.4 is 11.2 Å². The van der Waals surface area contributed by atoms with E-state index in [1.807, 2.05) is 0 Å². The number of rotatable bonds is 3. The number of hydrazone groups is 1. The van der Waals surface area contributed by atoms with Crippen molar-refractivity contribution in [3.8, 4) is 6.07 Å². The fraction of sp³-hybridized carbons (Fsp3) is 0. The largest absolute Gasteiger partial charge is 0.382 e. The lowest BCUT2D eigenvalue weighted by Crippen LogP contribution is -2.22. The quantitative estimate of drug-likeness (QED) is 0.448. The predicted octanol–water partition coefficient (Wildman–Crippen LogP) is 2.36. The van der Waals surface area contributed by atoms with Gasteiger partial charge >= 0.3 is 0 Å². The van der Waals surface area contributed by atoms with Crippen LogP contribution in [0.3, 0.4) is 0 Å². The Labute approximate surface area is 106 Å². The molecule has 0 amide bonds. The zero-order valence-electron chi connectivity index (χ0n) is 8.26. The molecular formula is C9H6Cl2FN5. The number of halogens is 3. The van der Waals surface area contributed by atoms with Gasteiger partial charge in [-0.15, -0.1) is 0 Å². The molecule has 0 bridgehead atoms. The van der Waals surface area contributed by atoms with Crippen LogP contribution in [-0.2, 0) is 0 Å². The summed E-state index contributed by atoms with van der Waals surface area (Å²) >= 11 is 11.3. The van der Waals surface area contributed by atoms with Gasteiger partial charge in [0.05, 0.1) is 5.02 Å². The number of hydrogen-bond donors (Lipinski definition) is 3. The first-order valence-corrected chi connectivity index (χ1v) is 4.94. The van der Waals surface area contributed by atoms with Crippen LogP contribution in [0.1, 0.15) is 0 Å². The predicted molar refractivity (Wildman–Crippen MR) is 65.0 cm³/mol. The van der Waals surface area contributed by atoms with E-state index in [9.17, 15) is 4.39 Å². The highest BCUT2D eigenvalue weighted by atomic mass is 35.5. The molecule has 0 aliphatic carbocycles. The summed E-state index contributed by atoms with van der Waals surface area (Å²) in [7, 11) is 0. The molecule has 1 aromatic rings. The van der Waals surface area contributed by atoms with Gasteiger partial charge in [-0.25, -0.2) is 4.39 Å². The molecule has 0 aliphatic rings. The number of nitrogens with zero attached hydrogens (tertiary/aromatic N) is 2. The van der Waals surface area contributed by atoms with Crippen LogP contribution in [0.5, 0.6) is 0 Å². The first-order valence-electron chi connectivity index (χ1n) is 4.18. The summed E-state index contributed by atoms with van der Waals surface area (Å²) in [5.74, 6) is -1.27. The van der Waals surface area contributed by atoms with Crippen molar-refractivity contribution >= 4 is 40.4 Å². The lowest BCUT2D eigenvalue weighted by atomic mass is 10.3. The Bertz CT molecular complexity index is 512. The number of anilines is 1. The minimum absolute atomic E-state index is 0.000378. The van der Waals surface area contributed by atoms with Gasteiger partial charge in [0.25, 0.3) is 0 Å². The molecule has 0 fully saturated rings. The number of nitrogens with one attached hydrogen (secondary N) is 2. The second kappa shape index (κ2) is 5.48. The third-order valence-electron chi connectivity index (χ3n) is 1.65. The SMILES string of the molecule is N#C/C(=N\Nc1c(F)cc(Cl)cc1Cl)C(=N)N. The molecule has 0 saturated heterocycles. The Morgan fingerprint density at radius 1 is 1.53 bits per heavy atom. The average Bonchev–Trinajstić information content (AvgIpc) is 2.21. The van der Waals surface area contributed by atoms with E-state index in [2.05, 4.69) is 10.5 Å². The van der Waals surface area contributed by atoms with Gasteiger partial charge < -0.3 is 5.73 Å². The first-order chi connectivity index (χ1) is 7.95. The summed E-state index contributed by atoms with van der Waals surface area (Å²) in [5, 5.41) is 19.1. The van der Waals surface area contributed by atoms with Crippen LogP contribution in [-0.4, -0.2) is 11.5 Å². The number of amidine groups is 1. The maximum absolute atomic E-state index is 13.4. The van der Waals surface area contributed by atoms with Crippen molar-refractivity contribution in [1.82, 2.24) is 0 Å². The number of benzene rings is 1. The van der Waals surface area contributed by atoms with Gasteiger partial charge in [-0.2, -0.15) is 10.4 Å². The van der Waals surface area contributed by atoms with Gasteiger partial charge in [0, 0.05) is 5.02 Å². The van der Waals surface area contributed by atoms with E-state index in [0.717, 1.165) is 6.07 Å². The van der Waals surface area contributed by atoms with Crippen molar-refractivity contribution in [3.05, 3.63) is 28.0 Å². The fourth-order valence-corrected chi connectivity index (χ4v) is 1.42. The number of nitriles is 1. The summed E-state index contributed by atoms with van der Waals surface area (Å²) in [6, 6.07) is 3.91. The van der Waals surface area contributed by atoms with E-state index in [4.69, 9.17) is 39.6 Å². The van der Waals surface area contributed by atoms with Gasteiger partial charge in [0.15, 0.2) is 11.7 Å². The molecule has 1 rings (SSSR count). The van der Waals surface area contributed by atoms with E-state index in [1.165, 1.54) is 6.07 Å². The van der Waals surface area contributed by atoms with E-state index in [0.29, 0.717) is 0 Å². The topological polar surface area (TPSA) is 98.0 Å². The van der Waals surface area contributed by atoms with Crippen LogP contribution in [0.15, 0.2) is 17.2 Å². The van der Waals surface area contributed by atoms with Crippen molar-refractivity contribution in [2.24, 2.45) is 10.8 Å². The molecule has 0 saturated carbocycles. The minimum atomic E-state index is -0.730. The van der Waals surface area contributed by atoms with Crippen LogP contribution in [0, 0.1) is 22.6 Å². The molecular weight excluding hydrogens is 268 g/mol. The van der Waals surface area contributed by atoms with Crippen molar-refractivity contribution in [2.45, 2.75) is 0 Å². The van der Waals surface area contributed by atoms with Crippen molar-refractivity contribution < 1.29 is 4.39 Å². The maximum Gasteiger partial charge on any atom is 0.201 e. The molecule has 0 aromatic heterocycles. The van der Waals surface area contributed by atoms with Gasteiger partial charge in [0.1, 0.15) is 11.8 Å². The summed E-state index contributed by atoms with van der Waals surface area (Å²) < 4.78 is 13.4. The third kappa shape index (κ3) is 3.31. The van der Waals surface area contributed by atoms with Crippen molar-refractivity contribution in [1.29, 1.82) is 10.7 Å². The summed E-state index contributed by atoms with van der Waals surface area (Å²) in [5.41, 5.74) is 6.75. The van der Waals surface area contributed by atoms with Gasteiger partial charge in [-0.3, -0.25) is 10.8 Å². The molecule has 1 aromatic carbocycles. The highest BCUT2D eigenvalue weighted by molar-refractivity contribution is 6.46. The molecule has 0 spiro atoms. The van der Waals surface area contributed by atoms with E-state index >= 15 is 0 Å². The Morgan fingerprint density at radius 2 is 2.18 bits per heavy atom. The van der Waals surface area contributed by atoms with E-state index < -0.39 is 11.7 Å². The van der Waals surface area contributed by atoms with Crippen molar-refractivity contribution in [2.75, 3.05) is 5.43 Å². The Hall–Kier alpha value is -1.84. The zero-order chi connectivity index (χ0) is 13.0. The Morgan fingerprint density at radius 3 is 2.65 bits per heavy atom. The zero-order valence-corrected chi connectivity index (χ0v) is 9.77. The van der Waals surface area contributed by atoms with Gasteiger partial charge in [-0.1, -0.05) is 23.2 Å². The highest BCUT2D eigenvalue weighted by Crippen LogP contribution is 2.28. The maximum atomic E-state index is 13.4. The van der Waals surface area contributed by atoms with Crippen LogP contribution >= 0.6 is 23.2 Å². The standard InChI is InChI=1S/C9H6Cl2FN5/c10-4-1-5(11)8(6(12)2-4)17-16-7(3-13)9(14)15/h1-2,17H,(H3,14,15)/b16-7+. The van der Waals surface area contributed by atoms with Gasteiger partial charge in [-0.05, 0) is 12.1 Å². The van der Waals surface area contributed by atoms with Crippen LogP contribution in [0.4, 0.5) is 10.1 Å². The smallest absolute Gasteiger partial charge is 0.201 e. The molecule has 0 aliphatic heterocycles. The third-order valence-corrected chi connectivity index (χ3v) is 2.16. The van der Waals surface area contributed by atoms with Crippen LogP contribution in [0.25, 0.3) is 0 Å². The molecule has 8 heteroatoms. The molecule has 5 nitrogen and oxygen atoms in total. The molecule has 0 unspecified atom stereocenters. The van der Waals surface area contributed by atoms with Gasteiger partial charge in [0.2, 0.25) is 5.71 Å². The second-order valence-corrected chi connectivity index (χ2v) is 3.69. The average molecular weight is 274 g/mol.